The number of carbonyl (C=O) groups excluding carboxylic acids is 2. The second-order valence-corrected chi connectivity index (χ2v) is 3.50. The van der Waals surface area contributed by atoms with Crippen LogP contribution in [0.5, 0.6) is 0 Å². The molecule has 0 aliphatic heterocycles. The number of halogens is 1. The first-order chi connectivity index (χ1) is 8.11. The number of anilines is 1. The maximum Gasteiger partial charge on any atom is 0.303 e. The smallest absolute Gasteiger partial charge is 0.303 e. The van der Waals surface area contributed by atoms with Crippen LogP contribution >= 0.6 is 0 Å². The van der Waals surface area contributed by atoms with Crippen molar-refractivity contribution in [2.75, 3.05) is 12.0 Å². The lowest BCUT2D eigenvalue weighted by Crippen LogP contribution is -2.25. The minimum Gasteiger partial charge on any atom is -0.459 e. The predicted molar refractivity (Wildman–Crippen MR) is 61.2 cm³/mol. The van der Waals surface area contributed by atoms with Crippen molar-refractivity contribution < 1.29 is 18.7 Å². The van der Waals surface area contributed by atoms with E-state index in [9.17, 15) is 14.0 Å². The molecule has 0 spiro atoms. The number of hydrogen-bond acceptors (Lipinski definition) is 3. The Morgan fingerprint density at radius 2 is 2.00 bits per heavy atom. The molecule has 1 aromatic rings. The lowest BCUT2D eigenvalue weighted by molar-refractivity contribution is -0.148. The first-order valence-electron chi connectivity index (χ1n) is 5.20. The third kappa shape index (κ3) is 5.10. The van der Waals surface area contributed by atoms with Gasteiger partial charge in [-0.25, -0.2) is 4.39 Å². The van der Waals surface area contributed by atoms with E-state index in [0.29, 0.717) is 5.69 Å². The highest BCUT2D eigenvalue weighted by Crippen LogP contribution is 2.08. The summed E-state index contributed by atoms with van der Waals surface area (Å²) in [6.45, 7) is 0.305. The van der Waals surface area contributed by atoms with Gasteiger partial charge < -0.3 is 10.1 Å². The molecule has 0 radical (unpaired) electrons. The monoisotopic (exact) mass is 239 g/mol. The molecule has 5 heteroatoms. The average Bonchev–Trinajstić information content (AvgIpc) is 2.28. The second kappa shape index (κ2) is 6.62. The van der Waals surface area contributed by atoms with Gasteiger partial charge in [-0.15, -0.1) is 0 Å². The van der Waals surface area contributed by atoms with Crippen molar-refractivity contribution in [3.63, 3.8) is 0 Å². The molecule has 0 aliphatic rings. The van der Waals surface area contributed by atoms with Gasteiger partial charge in [0, 0.05) is 12.6 Å². The Morgan fingerprint density at radius 3 is 2.53 bits per heavy atom. The van der Waals surface area contributed by atoms with E-state index < -0.39 is 18.7 Å². The number of carbonyl (C=O) groups is 2. The van der Waals surface area contributed by atoms with Crippen LogP contribution in [-0.4, -0.2) is 24.7 Å². The third-order valence-electron chi connectivity index (χ3n) is 1.98. The van der Waals surface area contributed by atoms with E-state index in [2.05, 4.69) is 10.1 Å². The average molecular weight is 239 g/mol. The number of alkyl halides is 1. The van der Waals surface area contributed by atoms with Gasteiger partial charge in [-0.05, 0) is 12.1 Å². The molecule has 4 nitrogen and oxygen atoms in total. The van der Waals surface area contributed by atoms with Crippen LogP contribution in [0.25, 0.3) is 0 Å². The Labute approximate surface area is 98.8 Å². The lowest BCUT2D eigenvalue weighted by atomic mass is 10.2. The number of esters is 1. The number of amides is 1. The van der Waals surface area contributed by atoms with Gasteiger partial charge in [0.25, 0.3) is 0 Å². The summed E-state index contributed by atoms with van der Waals surface area (Å²) in [5.41, 5.74) is 0.623. The fraction of sp³-hybridized carbons (Fsp3) is 0.333. The minimum absolute atomic E-state index is 0.190. The Morgan fingerprint density at radius 1 is 1.35 bits per heavy atom. The maximum absolute atomic E-state index is 12.5. The minimum atomic E-state index is -1.02. The zero-order chi connectivity index (χ0) is 12.7. The van der Waals surface area contributed by atoms with Crippen molar-refractivity contribution in [2.24, 2.45) is 0 Å². The molecule has 1 rings (SSSR count). The second-order valence-electron chi connectivity index (χ2n) is 3.50. The molecule has 0 aliphatic carbocycles. The first kappa shape index (κ1) is 13.2. The zero-order valence-corrected chi connectivity index (χ0v) is 9.48. The van der Waals surface area contributed by atoms with Crippen molar-refractivity contribution in [3.05, 3.63) is 30.3 Å². The van der Waals surface area contributed by atoms with Crippen LogP contribution in [0.1, 0.15) is 13.3 Å². The number of benzene rings is 1. The molecule has 0 aromatic heterocycles. The highest BCUT2D eigenvalue weighted by molar-refractivity contribution is 5.91. The molecule has 1 atom stereocenters. The van der Waals surface area contributed by atoms with Gasteiger partial charge in [0.1, 0.15) is 12.8 Å². The molecule has 17 heavy (non-hydrogen) atoms. The quantitative estimate of drug-likeness (QED) is 0.798. The molecular weight excluding hydrogens is 225 g/mol. The van der Waals surface area contributed by atoms with Gasteiger partial charge in [-0.2, -0.15) is 0 Å². The summed E-state index contributed by atoms with van der Waals surface area (Å²) < 4.78 is 17.1. The van der Waals surface area contributed by atoms with Crippen LogP contribution in [0.4, 0.5) is 10.1 Å². The van der Waals surface area contributed by atoms with E-state index in [4.69, 9.17) is 0 Å². The SMILES string of the molecule is CC(=O)O[C@H](CF)CC(=O)Nc1ccccc1. The van der Waals surface area contributed by atoms with Gasteiger partial charge >= 0.3 is 5.97 Å². The van der Waals surface area contributed by atoms with Crippen molar-refractivity contribution >= 4 is 17.6 Å². The zero-order valence-electron chi connectivity index (χ0n) is 9.48. The molecule has 0 saturated carbocycles. The topological polar surface area (TPSA) is 55.4 Å². The number of nitrogens with one attached hydrogen (secondary N) is 1. The molecule has 1 amide bonds. The summed E-state index contributed by atoms with van der Waals surface area (Å²) in [7, 11) is 0. The van der Waals surface area contributed by atoms with E-state index in [1.165, 1.54) is 6.92 Å². The molecule has 0 saturated heterocycles. The Kier molecular flexibility index (Phi) is 5.13. The van der Waals surface area contributed by atoms with Crippen molar-refractivity contribution in [2.45, 2.75) is 19.4 Å². The Bertz CT molecular complexity index is 381. The summed E-state index contributed by atoms with van der Waals surface area (Å²) in [6.07, 6.45) is -1.21. The van der Waals surface area contributed by atoms with Crippen LogP contribution in [0.3, 0.4) is 0 Å². The van der Waals surface area contributed by atoms with E-state index in [1.54, 1.807) is 24.3 Å². The highest BCUT2D eigenvalue weighted by Gasteiger charge is 2.16. The Balaban J connectivity index is 2.45. The summed E-state index contributed by atoms with van der Waals surface area (Å²) in [5, 5.41) is 2.58. The van der Waals surface area contributed by atoms with E-state index in [-0.39, 0.29) is 12.3 Å². The Hall–Kier alpha value is -1.91. The number of rotatable bonds is 5. The van der Waals surface area contributed by atoms with Crippen LogP contribution in [0.15, 0.2) is 30.3 Å². The van der Waals surface area contributed by atoms with Crippen molar-refractivity contribution in [1.82, 2.24) is 0 Å². The van der Waals surface area contributed by atoms with Crippen LogP contribution < -0.4 is 5.32 Å². The van der Waals surface area contributed by atoms with Crippen LogP contribution in [-0.2, 0) is 14.3 Å². The summed E-state index contributed by atoms with van der Waals surface area (Å²) >= 11 is 0. The highest BCUT2D eigenvalue weighted by atomic mass is 19.1. The summed E-state index contributed by atoms with van der Waals surface area (Å²) in [5.74, 6) is -0.986. The van der Waals surface area contributed by atoms with Gasteiger partial charge in [-0.1, -0.05) is 18.2 Å². The summed E-state index contributed by atoms with van der Waals surface area (Å²) in [6, 6.07) is 8.80. The number of hydrogen-bond donors (Lipinski definition) is 1. The number of ether oxygens (including phenoxy) is 1. The van der Waals surface area contributed by atoms with E-state index in [0.717, 1.165) is 0 Å². The lowest BCUT2D eigenvalue weighted by Gasteiger charge is -2.13. The fourth-order valence-electron chi connectivity index (χ4n) is 1.30. The molecule has 1 aromatic carbocycles. The van der Waals surface area contributed by atoms with Crippen LogP contribution in [0, 0.1) is 0 Å². The van der Waals surface area contributed by atoms with E-state index in [1.807, 2.05) is 6.07 Å². The normalized spacial score (nSPS) is 11.6. The van der Waals surface area contributed by atoms with Gasteiger partial charge in [-0.3, -0.25) is 9.59 Å². The fourth-order valence-corrected chi connectivity index (χ4v) is 1.30. The first-order valence-corrected chi connectivity index (χ1v) is 5.20. The predicted octanol–water partition coefficient (Wildman–Crippen LogP) is 1.92. The molecule has 92 valence electrons. The standard InChI is InChI=1S/C12H14FNO3/c1-9(15)17-11(8-13)7-12(16)14-10-5-3-2-4-6-10/h2-6,11H,7-8H2,1H3,(H,14,16)/t11-/m0/s1. The van der Waals surface area contributed by atoms with E-state index >= 15 is 0 Å². The molecule has 0 fully saturated rings. The molecule has 0 heterocycles. The third-order valence-corrected chi connectivity index (χ3v) is 1.98. The summed E-state index contributed by atoms with van der Waals surface area (Å²) in [4.78, 5) is 22.1. The van der Waals surface area contributed by atoms with Crippen molar-refractivity contribution in [3.8, 4) is 0 Å². The molecule has 0 unspecified atom stereocenters. The number of para-hydroxylation sites is 1. The van der Waals surface area contributed by atoms with Crippen molar-refractivity contribution in [1.29, 1.82) is 0 Å². The van der Waals surface area contributed by atoms with Gasteiger partial charge in [0.15, 0.2) is 0 Å². The maximum atomic E-state index is 12.5. The molecule has 0 bridgehead atoms. The van der Waals surface area contributed by atoms with Gasteiger partial charge in [0.05, 0.1) is 6.42 Å². The molecular formula is C12H14FNO3. The molecule has 1 N–H and O–H groups in total. The van der Waals surface area contributed by atoms with Crippen LogP contribution in [0.2, 0.25) is 0 Å². The largest absolute Gasteiger partial charge is 0.459 e. The van der Waals surface area contributed by atoms with Gasteiger partial charge in [0.2, 0.25) is 5.91 Å².